The molecule has 2 aliphatic rings. The van der Waals surface area contributed by atoms with Crippen molar-refractivity contribution in [2.75, 3.05) is 31.1 Å². The number of nitrogens with zero attached hydrogens (tertiary/aromatic N) is 2. The van der Waals surface area contributed by atoms with Crippen LogP contribution in [0.5, 0.6) is 0 Å². The molecular weight excluding hydrogens is 1050 g/mol. The molecule has 0 bridgehead atoms. The fraction of sp³-hybridized carbons (Fsp3) is 0.520. The summed E-state index contributed by atoms with van der Waals surface area (Å²) in [5.74, 6) is -9.97. The summed E-state index contributed by atoms with van der Waals surface area (Å²) in [5.41, 5.74) is 37.6. The van der Waals surface area contributed by atoms with Gasteiger partial charge in [0.15, 0.2) is 5.96 Å². The lowest BCUT2D eigenvalue weighted by Gasteiger charge is -2.31. The summed E-state index contributed by atoms with van der Waals surface area (Å²) in [7, 11) is 2.06. The number of aliphatic imine (C=N–C) groups is 1. The Morgan fingerprint density at radius 3 is 1.94 bits per heavy atom. The molecule has 0 aromatic heterocycles. The van der Waals surface area contributed by atoms with E-state index >= 15 is 0 Å². The highest BCUT2D eigenvalue weighted by Crippen LogP contribution is 2.26. The summed E-state index contributed by atoms with van der Waals surface area (Å²) in [4.78, 5) is 155. The molecule has 0 spiro atoms. The SMILES string of the molecule is Cc1cc(C)c(C[C@H]2NC(=O)[C@@H](N)CSSC[C@@H](C(=O)N3CCC[C@H]3C(=O)N[C@H](CCCCN=C(N)N)C(=O)NCC(N)=O)NC(=O)[C@H](CC(N)=O)NC(=O)[C@H](CCC(N)=O)NC(=O)[C@H](Cc3ccccc3)NC2=O)c(C)c1. The van der Waals surface area contributed by atoms with Crippen molar-refractivity contribution < 1.29 is 52.7 Å². The fourth-order valence-corrected chi connectivity index (χ4v) is 11.1. The Kier molecular flexibility index (Phi) is 25.1. The number of carbonyl (C=O) groups excluding carboxylic acids is 11. The molecule has 28 heteroatoms. The van der Waals surface area contributed by atoms with Gasteiger partial charge in [0.25, 0.3) is 0 Å². The third-order valence-corrected chi connectivity index (χ3v) is 15.2. The molecule has 19 N–H and O–H groups in total. The first-order valence-electron chi connectivity index (χ1n) is 25.3. The molecule has 426 valence electrons. The number of unbranched alkanes of at least 4 members (excludes halogenated alkanes) is 1. The van der Waals surface area contributed by atoms with Crippen molar-refractivity contribution in [1.29, 1.82) is 0 Å². The van der Waals surface area contributed by atoms with Crippen molar-refractivity contribution in [3.63, 3.8) is 0 Å². The van der Waals surface area contributed by atoms with E-state index in [1.807, 2.05) is 32.9 Å². The number of aryl methyl sites for hydroxylation is 3. The largest absolute Gasteiger partial charge is 0.370 e. The molecule has 4 rings (SSSR count). The van der Waals surface area contributed by atoms with E-state index in [-0.39, 0.29) is 56.2 Å². The Labute approximate surface area is 459 Å². The number of rotatable bonds is 20. The Morgan fingerprint density at radius 1 is 0.718 bits per heavy atom. The number of nitrogens with two attached hydrogens (primary N) is 6. The molecule has 78 heavy (non-hydrogen) atoms. The van der Waals surface area contributed by atoms with Crippen molar-refractivity contribution in [1.82, 2.24) is 42.1 Å². The predicted octanol–water partition coefficient (Wildman–Crippen LogP) is -3.79. The summed E-state index contributed by atoms with van der Waals surface area (Å²) >= 11 is 0. The van der Waals surface area contributed by atoms with Crippen molar-refractivity contribution >= 4 is 92.5 Å². The standard InChI is InChI=1S/C50H73N15O11S2/c1-26-18-27(2)30(28(3)19-26)21-35-46(73)62-34(20-29-10-5-4-6-11-29)45(72)59-33(14-15-39(52)66)44(71)63-36(22-40(53)67)47(74)64-37(25-78-77-24-31(51)42(69)61-35)49(76)65-17-9-13-38(65)48(75)60-32(43(70)58-23-41(54)68)12-7-8-16-57-50(55)56/h4-6,10-11,18-19,31-38H,7-9,12-17,20-25,51H2,1-3H3,(H2,52,66)(H2,53,67)(H2,54,68)(H,58,70)(H,59,72)(H,60,75)(H,61,69)(H,62,73)(H,63,71)(H,64,74)(H4,55,56,57)/t31-,32+,33-,34-,35+,36-,37-,38-/m0/s1. The van der Waals surface area contributed by atoms with Crippen molar-refractivity contribution in [2.45, 2.75) is 133 Å². The monoisotopic (exact) mass is 1120 g/mol. The molecule has 0 unspecified atom stereocenters. The number of hydrogen-bond donors (Lipinski definition) is 13. The van der Waals surface area contributed by atoms with Gasteiger partial charge in [-0.2, -0.15) is 0 Å². The highest BCUT2D eigenvalue weighted by molar-refractivity contribution is 8.76. The second kappa shape index (κ2) is 31.1. The lowest BCUT2D eigenvalue weighted by molar-refractivity contribution is -0.142. The lowest BCUT2D eigenvalue weighted by Crippen LogP contribution is -2.61. The van der Waals surface area contributed by atoms with Crippen LogP contribution >= 0.6 is 21.6 Å². The van der Waals surface area contributed by atoms with Crippen LogP contribution in [0.2, 0.25) is 0 Å². The Balaban J connectivity index is 1.73. The summed E-state index contributed by atoms with van der Waals surface area (Å²) in [6.45, 7) is 5.39. The maximum Gasteiger partial charge on any atom is 0.246 e. The number of amides is 11. The number of primary amides is 3. The second-order valence-corrected chi connectivity index (χ2v) is 21.7. The molecule has 2 aromatic carbocycles. The number of guanidine groups is 1. The number of nitrogens with one attached hydrogen (secondary N) is 7. The van der Waals surface area contributed by atoms with Crippen molar-refractivity contribution in [3.05, 3.63) is 70.3 Å². The molecule has 2 fully saturated rings. The lowest BCUT2D eigenvalue weighted by atomic mass is 9.93. The zero-order valence-electron chi connectivity index (χ0n) is 43.9. The first-order valence-corrected chi connectivity index (χ1v) is 27.8. The first kappa shape index (κ1) is 63.1. The van der Waals surface area contributed by atoms with Crippen LogP contribution in [0.15, 0.2) is 47.5 Å². The minimum Gasteiger partial charge on any atom is -0.370 e. The van der Waals surface area contributed by atoms with Crippen molar-refractivity contribution in [3.8, 4) is 0 Å². The topological polar surface area (TPSA) is 444 Å². The van der Waals surface area contributed by atoms with Gasteiger partial charge in [0.05, 0.1) is 19.0 Å². The summed E-state index contributed by atoms with van der Waals surface area (Å²) in [6.07, 6.45) is -0.484. The van der Waals surface area contributed by atoms with Crippen LogP contribution in [-0.2, 0) is 65.6 Å². The van der Waals surface area contributed by atoms with Crippen LogP contribution in [0.4, 0.5) is 0 Å². The molecule has 8 atom stereocenters. The highest BCUT2D eigenvalue weighted by atomic mass is 33.1. The number of hydrogen-bond acceptors (Lipinski definition) is 15. The molecule has 11 amide bonds. The van der Waals surface area contributed by atoms with Gasteiger partial charge in [0.1, 0.15) is 42.3 Å². The number of likely N-dealkylation sites (tertiary alicyclic amines) is 1. The average molecular weight is 1120 g/mol. The smallest absolute Gasteiger partial charge is 0.246 e. The average Bonchev–Trinajstić information content (AvgIpc) is 3.87. The minimum absolute atomic E-state index is 0.0163. The molecule has 0 aliphatic carbocycles. The van der Waals surface area contributed by atoms with Crippen LogP contribution < -0.4 is 71.6 Å². The normalized spacial score (nSPS) is 22.2. The van der Waals surface area contributed by atoms with E-state index in [2.05, 4.69) is 42.2 Å². The third-order valence-electron chi connectivity index (χ3n) is 12.8. The molecule has 26 nitrogen and oxygen atoms in total. The molecule has 2 aliphatic heterocycles. The van der Waals surface area contributed by atoms with E-state index in [1.165, 1.54) is 4.90 Å². The fourth-order valence-electron chi connectivity index (χ4n) is 8.83. The van der Waals surface area contributed by atoms with Gasteiger partial charge in [-0.25, -0.2) is 0 Å². The summed E-state index contributed by atoms with van der Waals surface area (Å²) in [6, 6.07) is 1.26. The van der Waals surface area contributed by atoms with Crippen LogP contribution in [0, 0.1) is 20.8 Å². The van der Waals surface area contributed by atoms with Gasteiger partial charge in [-0.3, -0.25) is 57.7 Å². The molecule has 2 heterocycles. The Morgan fingerprint density at radius 2 is 1.31 bits per heavy atom. The van der Waals surface area contributed by atoms with E-state index < -0.39 is 139 Å². The van der Waals surface area contributed by atoms with E-state index in [9.17, 15) is 52.7 Å². The Hall–Kier alpha value is -7.46. The minimum atomic E-state index is -1.78. The summed E-state index contributed by atoms with van der Waals surface area (Å²) in [5, 5.41) is 18.1. The third kappa shape index (κ3) is 20.5. The maximum atomic E-state index is 14.7. The van der Waals surface area contributed by atoms with Crippen LogP contribution in [0.1, 0.15) is 79.2 Å². The molecule has 2 saturated heterocycles. The quantitative estimate of drug-likeness (QED) is 0.0262. The van der Waals surface area contributed by atoms with Gasteiger partial charge in [-0.1, -0.05) is 69.6 Å². The van der Waals surface area contributed by atoms with E-state index in [0.29, 0.717) is 24.8 Å². The molecular formula is C50H73N15O11S2. The zero-order valence-corrected chi connectivity index (χ0v) is 45.6. The van der Waals surface area contributed by atoms with E-state index in [4.69, 9.17) is 34.4 Å². The van der Waals surface area contributed by atoms with Crippen LogP contribution in [-0.4, -0.2) is 155 Å². The number of benzene rings is 2. The molecule has 0 saturated carbocycles. The molecule has 2 aromatic rings. The summed E-state index contributed by atoms with van der Waals surface area (Å²) < 4.78 is 0. The predicted molar refractivity (Wildman–Crippen MR) is 293 cm³/mol. The van der Waals surface area contributed by atoms with Gasteiger partial charge >= 0.3 is 0 Å². The van der Waals surface area contributed by atoms with Gasteiger partial charge in [0, 0.05) is 43.9 Å². The van der Waals surface area contributed by atoms with E-state index in [1.54, 1.807) is 30.3 Å². The zero-order chi connectivity index (χ0) is 57.6. The van der Waals surface area contributed by atoms with Crippen LogP contribution in [0.25, 0.3) is 0 Å². The maximum absolute atomic E-state index is 14.7. The van der Waals surface area contributed by atoms with Crippen molar-refractivity contribution in [2.24, 2.45) is 39.4 Å². The van der Waals surface area contributed by atoms with Gasteiger partial charge in [-0.15, -0.1) is 0 Å². The van der Waals surface area contributed by atoms with Gasteiger partial charge in [-0.05, 0) is 81.5 Å². The van der Waals surface area contributed by atoms with Crippen LogP contribution in [0.3, 0.4) is 0 Å². The Bertz CT molecular complexity index is 2530. The first-order chi connectivity index (χ1) is 36.9. The highest BCUT2D eigenvalue weighted by Gasteiger charge is 2.41. The molecule has 0 radical (unpaired) electrons. The van der Waals surface area contributed by atoms with Gasteiger partial charge < -0.3 is 76.5 Å². The second-order valence-electron chi connectivity index (χ2n) is 19.2. The van der Waals surface area contributed by atoms with E-state index in [0.717, 1.165) is 43.8 Å². The van der Waals surface area contributed by atoms with Gasteiger partial charge in [0.2, 0.25) is 65.0 Å². The number of carbonyl (C=O) groups is 11.